The molecule has 0 amide bonds. The number of nitrogens with one attached hydrogen (secondary N) is 1. The number of aromatic nitrogens is 2. The lowest BCUT2D eigenvalue weighted by atomic mass is 10.1. The summed E-state index contributed by atoms with van der Waals surface area (Å²) in [6.07, 6.45) is 0. The third kappa shape index (κ3) is 2.77. The first-order chi connectivity index (χ1) is 10.7. The van der Waals surface area contributed by atoms with Crippen molar-refractivity contribution >= 4 is 0 Å². The van der Waals surface area contributed by atoms with Crippen molar-refractivity contribution in [2.45, 2.75) is 6.04 Å². The number of ether oxygens (including phenoxy) is 2. The molecule has 1 aliphatic rings. The Morgan fingerprint density at radius 1 is 1.32 bits per heavy atom. The minimum Gasteiger partial charge on any atom is -0.497 e. The smallest absolute Gasteiger partial charge is 0.261 e. The summed E-state index contributed by atoms with van der Waals surface area (Å²) >= 11 is 0. The van der Waals surface area contributed by atoms with E-state index < -0.39 is 0 Å². The number of piperazine rings is 1. The van der Waals surface area contributed by atoms with E-state index in [1.165, 1.54) is 0 Å². The Balaban J connectivity index is 1.93. The third-order valence-corrected chi connectivity index (χ3v) is 3.89. The van der Waals surface area contributed by atoms with Gasteiger partial charge in [0, 0.05) is 19.6 Å². The van der Waals surface area contributed by atoms with Gasteiger partial charge in [-0.25, -0.2) is 0 Å². The first-order valence-corrected chi connectivity index (χ1v) is 7.20. The number of benzene rings is 1. The Kier molecular flexibility index (Phi) is 4.26. The van der Waals surface area contributed by atoms with Crippen molar-refractivity contribution in [3.63, 3.8) is 0 Å². The Morgan fingerprint density at radius 2 is 2.18 bits per heavy atom. The molecule has 7 heteroatoms. The monoisotopic (exact) mass is 304 g/mol. The van der Waals surface area contributed by atoms with Gasteiger partial charge in [0.15, 0.2) is 5.82 Å². The van der Waals surface area contributed by atoms with Crippen LogP contribution in [-0.2, 0) is 0 Å². The SMILES string of the molecule is COc1ccc(OC)c(-c2nc(C3CNCCN3C)no2)c1. The molecule has 1 unspecified atom stereocenters. The summed E-state index contributed by atoms with van der Waals surface area (Å²) in [4.78, 5) is 6.76. The first kappa shape index (κ1) is 14.8. The Morgan fingerprint density at radius 3 is 2.91 bits per heavy atom. The van der Waals surface area contributed by atoms with Crippen molar-refractivity contribution in [1.82, 2.24) is 20.4 Å². The van der Waals surface area contributed by atoms with E-state index in [9.17, 15) is 0 Å². The van der Waals surface area contributed by atoms with Crippen LogP contribution in [0.1, 0.15) is 11.9 Å². The molecule has 2 aromatic rings. The fraction of sp³-hybridized carbons (Fsp3) is 0.467. The highest BCUT2D eigenvalue weighted by molar-refractivity contribution is 5.65. The second kappa shape index (κ2) is 6.33. The molecular weight excluding hydrogens is 284 g/mol. The second-order valence-electron chi connectivity index (χ2n) is 5.22. The number of rotatable bonds is 4. The number of methoxy groups -OCH3 is 2. The molecule has 0 bridgehead atoms. The van der Waals surface area contributed by atoms with Crippen LogP contribution in [-0.4, -0.2) is 55.9 Å². The molecule has 0 aliphatic carbocycles. The largest absolute Gasteiger partial charge is 0.497 e. The summed E-state index contributed by atoms with van der Waals surface area (Å²) < 4.78 is 16.1. The molecule has 0 radical (unpaired) electrons. The van der Waals surface area contributed by atoms with Gasteiger partial charge in [0.1, 0.15) is 11.5 Å². The fourth-order valence-electron chi connectivity index (χ4n) is 2.56. The molecule has 1 aromatic carbocycles. The zero-order valence-corrected chi connectivity index (χ0v) is 13.0. The van der Waals surface area contributed by atoms with Crippen LogP contribution >= 0.6 is 0 Å². The molecule has 2 heterocycles. The maximum Gasteiger partial charge on any atom is 0.261 e. The average Bonchev–Trinajstić information content (AvgIpc) is 3.04. The normalized spacial score (nSPS) is 19.1. The second-order valence-corrected chi connectivity index (χ2v) is 5.22. The highest BCUT2D eigenvalue weighted by Crippen LogP contribution is 2.33. The van der Waals surface area contributed by atoms with E-state index in [0.717, 1.165) is 25.2 Å². The molecule has 0 spiro atoms. The summed E-state index contributed by atoms with van der Waals surface area (Å²) in [5, 5.41) is 7.48. The van der Waals surface area contributed by atoms with Gasteiger partial charge in [0.2, 0.25) is 0 Å². The Labute approximate surface area is 129 Å². The summed E-state index contributed by atoms with van der Waals surface area (Å²) in [5.41, 5.74) is 0.729. The van der Waals surface area contributed by atoms with E-state index in [4.69, 9.17) is 14.0 Å². The van der Waals surface area contributed by atoms with Gasteiger partial charge in [-0.05, 0) is 25.2 Å². The summed E-state index contributed by atoms with van der Waals surface area (Å²) in [6.45, 7) is 2.74. The van der Waals surface area contributed by atoms with Gasteiger partial charge in [0.05, 0.1) is 25.8 Å². The summed E-state index contributed by atoms with van der Waals surface area (Å²) in [6, 6.07) is 5.60. The number of hydrogen-bond donors (Lipinski definition) is 1. The molecular formula is C15H20N4O3. The number of hydrogen-bond acceptors (Lipinski definition) is 7. The van der Waals surface area contributed by atoms with Crippen LogP contribution in [0.3, 0.4) is 0 Å². The minimum atomic E-state index is 0.114. The predicted molar refractivity (Wildman–Crippen MR) is 81.1 cm³/mol. The Hall–Kier alpha value is -2.12. The van der Waals surface area contributed by atoms with E-state index in [-0.39, 0.29) is 6.04 Å². The lowest BCUT2D eigenvalue weighted by molar-refractivity contribution is 0.190. The van der Waals surface area contributed by atoms with Crippen molar-refractivity contribution in [2.75, 3.05) is 40.9 Å². The Bertz CT molecular complexity index is 643. The van der Waals surface area contributed by atoms with Gasteiger partial charge < -0.3 is 19.3 Å². The minimum absolute atomic E-state index is 0.114. The lowest BCUT2D eigenvalue weighted by Crippen LogP contribution is -2.44. The van der Waals surface area contributed by atoms with Gasteiger partial charge in [-0.1, -0.05) is 5.16 Å². The van der Waals surface area contributed by atoms with Crippen molar-refractivity contribution in [2.24, 2.45) is 0 Å². The molecule has 1 atom stereocenters. The molecule has 1 aromatic heterocycles. The van der Waals surface area contributed by atoms with Gasteiger partial charge in [0.25, 0.3) is 5.89 Å². The molecule has 0 saturated carbocycles. The van der Waals surface area contributed by atoms with Gasteiger partial charge >= 0.3 is 0 Å². The number of nitrogens with zero attached hydrogens (tertiary/aromatic N) is 3. The topological polar surface area (TPSA) is 72.7 Å². The predicted octanol–water partition coefficient (Wildman–Crippen LogP) is 1.33. The van der Waals surface area contributed by atoms with Gasteiger partial charge in [-0.2, -0.15) is 4.98 Å². The van der Waals surface area contributed by atoms with E-state index in [0.29, 0.717) is 23.2 Å². The van der Waals surface area contributed by atoms with Crippen LogP contribution in [0.5, 0.6) is 11.5 Å². The molecule has 1 fully saturated rings. The zero-order valence-electron chi connectivity index (χ0n) is 13.0. The number of likely N-dealkylation sites (N-methyl/N-ethyl adjacent to an activating group) is 1. The molecule has 3 rings (SSSR count). The molecule has 1 aliphatic heterocycles. The maximum atomic E-state index is 5.44. The van der Waals surface area contributed by atoms with E-state index in [1.54, 1.807) is 14.2 Å². The quantitative estimate of drug-likeness (QED) is 0.913. The highest BCUT2D eigenvalue weighted by atomic mass is 16.5. The molecule has 1 N–H and O–H groups in total. The van der Waals surface area contributed by atoms with Gasteiger partial charge in [-0.3, -0.25) is 4.90 Å². The van der Waals surface area contributed by atoms with Gasteiger partial charge in [-0.15, -0.1) is 0 Å². The van der Waals surface area contributed by atoms with E-state index in [1.807, 2.05) is 18.2 Å². The van der Waals surface area contributed by atoms with Crippen molar-refractivity contribution < 1.29 is 14.0 Å². The van der Waals surface area contributed by atoms with Crippen LogP contribution in [0.2, 0.25) is 0 Å². The molecule has 7 nitrogen and oxygen atoms in total. The van der Waals surface area contributed by atoms with Crippen molar-refractivity contribution in [3.8, 4) is 23.0 Å². The van der Waals surface area contributed by atoms with Crippen LogP contribution in [0, 0.1) is 0 Å². The standard InChI is InChI=1S/C15H20N4O3/c1-19-7-6-16-9-12(19)14-17-15(22-18-14)11-8-10(20-2)4-5-13(11)21-3/h4-5,8,12,16H,6-7,9H2,1-3H3. The molecule has 1 saturated heterocycles. The van der Waals surface area contributed by atoms with E-state index >= 15 is 0 Å². The highest BCUT2D eigenvalue weighted by Gasteiger charge is 2.26. The fourth-order valence-corrected chi connectivity index (χ4v) is 2.56. The van der Waals surface area contributed by atoms with Crippen LogP contribution in [0.25, 0.3) is 11.5 Å². The van der Waals surface area contributed by atoms with Crippen molar-refractivity contribution in [1.29, 1.82) is 0 Å². The first-order valence-electron chi connectivity index (χ1n) is 7.20. The maximum absolute atomic E-state index is 5.44. The van der Waals surface area contributed by atoms with Crippen LogP contribution < -0.4 is 14.8 Å². The van der Waals surface area contributed by atoms with E-state index in [2.05, 4.69) is 27.4 Å². The summed E-state index contributed by atoms with van der Waals surface area (Å²) in [7, 11) is 5.29. The lowest BCUT2D eigenvalue weighted by Gasteiger charge is -2.30. The summed E-state index contributed by atoms with van der Waals surface area (Å²) in [5.74, 6) is 2.50. The molecule has 118 valence electrons. The zero-order chi connectivity index (χ0) is 15.5. The van der Waals surface area contributed by atoms with Crippen LogP contribution in [0.4, 0.5) is 0 Å². The average molecular weight is 304 g/mol. The van der Waals surface area contributed by atoms with Crippen molar-refractivity contribution in [3.05, 3.63) is 24.0 Å². The van der Waals surface area contributed by atoms with Crippen LogP contribution in [0.15, 0.2) is 22.7 Å². The third-order valence-electron chi connectivity index (χ3n) is 3.89. The molecule has 22 heavy (non-hydrogen) atoms.